The van der Waals surface area contributed by atoms with E-state index in [9.17, 15) is 4.79 Å². The molecule has 0 heterocycles. The third kappa shape index (κ3) is 2.83. The van der Waals surface area contributed by atoms with Gasteiger partial charge in [-0.05, 0) is 17.3 Å². The summed E-state index contributed by atoms with van der Waals surface area (Å²) in [6.45, 7) is 6.28. The molecule has 2 nitrogen and oxygen atoms in total. The summed E-state index contributed by atoms with van der Waals surface area (Å²) in [6.07, 6.45) is 0. The summed E-state index contributed by atoms with van der Waals surface area (Å²) in [5, 5.41) is 10.3. The molecule has 0 spiro atoms. The molecular weight excluding hydrogens is 296 g/mol. The van der Waals surface area contributed by atoms with Gasteiger partial charge in [0.25, 0.3) is 0 Å². The van der Waals surface area contributed by atoms with Gasteiger partial charge in [-0.3, -0.25) is 0 Å². The molecule has 1 rings (SSSR count). The normalized spacial score (nSPS) is 11.5. The third-order valence-corrected chi connectivity index (χ3v) is 4.84. The van der Waals surface area contributed by atoms with E-state index in [1.165, 1.54) is 0 Å². The third-order valence-electron chi connectivity index (χ3n) is 2.08. The molecule has 0 saturated heterocycles. The van der Waals surface area contributed by atoms with Crippen LogP contribution in [-0.4, -0.2) is 19.1 Å². The van der Waals surface area contributed by atoms with Crippen LogP contribution in [0.15, 0.2) is 16.6 Å². The van der Waals surface area contributed by atoms with E-state index in [4.69, 9.17) is 16.7 Å². The smallest absolute Gasteiger partial charge is 0.337 e. The van der Waals surface area contributed by atoms with Crippen LogP contribution in [0.4, 0.5) is 0 Å². The Bertz CT molecular complexity index is 413. The Morgan fingerprint density at radius 2 is 1.93 bits per heavy atom. The lowest BCUT2D eigenvalue weighted by atomic mass is 10.2. The molecular formula is C10H12BrClO2Si. The maximum atomic E-state index is 11.1. The molecule has 0 atom stereocenters. The second kappa shape index (κ2) is 4.27. The van der Waals surface area contributed by atoms with Crippen LogP contribution in [-0.2, 0) is 0 Å². The first kappa shape index (κ1) is 12.7. The van der Waals surface area contributed by atoms with E-state index >= 15 is 0 Å². The highest BCUT2D eigenvalue weighted by Crippen LogP contribution is 2.22. The van der Waals surface area contributed by atoms with Crippen LogP contribution in [0.3, 0.4) is 0 Å². The molecule has 0 fully saturated rings. The Labute approximate surface area is 103 Å². The summed E-state index contributed by atoms with van der Waals surface area (Å²) in [7, 11) is -1.70. The summed E-state index contributed by atoms with van der Waals surface area (Å²) in [6, 6.07) is 3.48. The minimum absolute atomic E-state index is 0.249. The summed E-state index contributed by atoms with van der Waals surface area (Å²) < 4.78 is 0.829. The minimum atomic E-state index is -1.70. The van der Waals surface area contributed by atoms with E-state index in [0.717, 1.165) is 9.66 Å². The first-order valence-electron chi connectivity index (χ1n) is 4.46. The van der Waals surface area contributed by atoms with Crippen molar-refractivity contribution in [2.24, 2.45) is 0 Å². The monoisotopic (exact) mass is 306 g/mol. The highest BCUT2D eigenvalue weighted by molar-refractivity contribution is 9.10. The number of benzene rings is 1. The average molecular weight is 308 g/mol. The van der Waals surface area contributed by atoms with E-state index < -0.39 is 14.0 Å². The minimum Gasteiger partial charge on any atom is -0.478 e. The van der Waals surface area contributed by atoms with Crippen LogP contribution >= 0.6 is 27.5 Å². The molecule has 0 aliphatic carbocycles. The number of aromatic carboxylic acids is 1. The van der Waals surface area contributed by atoms with Crippen molar-refractivity contribution in [1.29, 1.82) is 0 Å². The lowest BCUT2D eigenvalue weighted by Gasteiger charge is -2.20. The Hall–Kier alpha value is -0.323. The van der Waals surface area contributed by atoms with Crippen molar-refractivity contribution in [3.8, 4) is 0 Å². The quantitative estimate of drug-likeness (QED) is 0.851. The number of rotatable bonds is 2. The van der Waals surface area contributed by atoms with Crippen molar-refractivity contribution in [2.45, 2.75) is 19.6 Å². The van der Waals surface area contributed by atoms with Crippen LogP contribution in [0.1, 0.15) is 10.4 Å². The van der Waals surface area contributed by atoms with Crippen LogP contribution in [0, 0.1) is 0 Å². The van der Waals surface area contributed by atoms with Gasteiger partial charge in [0.15, 0.2) is 0 Å². The van der Waals surface area contributed by atoms with E-state index in [1.807, 2.05) is 6.07 Å². The predicted molar refractivity (Wildman–Crippen MR) is 69.1 cm³/mol. The van der Waals surface area contributed by atoms with E-state index in [1.54, 1.807) is 6.07 Å². The highest BCUT2D eigenvalue weighted by Gasteiger charge is 2.25. The number of carboxylic acids is 1. The lowest BCUT2D eigenvalue weighted by molar-refractivity contribution is 0.0698. The number of carboxylic acid groups (broad SMARTS) is 1. The summed E-state index contributed by atoms with van der Waals surface area (Å²) in [5.41, 5.74) is 0.249. The van der Waals surface area contributed by atoms with Gasteiger partial charge in [0, 0.05) is 4.47 Å². The first-order chi connectivity index (χ1) is 6.73. The van der Waals surface area contributed by atoms with Gasteiger partial charge in [-0.2, -0.15) is 0 Å². The Morgan fingerprint density at radius 1 is 1.40 bits per heavy atom. The van der Waals surface area contributed by atoms with Crippen molar-refractivity contribution in [3.63, 3.8) is 0 Å². The zero-order valence-corrected chi connectivity index (χ0v) is 12.1. The van der Waals surface area contributed by atoms with Crippen molar-refractivity contribution < 1.29 is 9.90 Å². The van der Waals surface area contributed by atoms with Gasteiger partial charge in [-0.1, -0.05) is 47.2 Å². The van der Waals surface area contributed by atoms with Crippen molar-refractivity contribution in [1.82, 2.24) is 0 Å². The molecule has 0 aliphatic rings. The molecule has 0 aliphatic heterocycles. The van der Waals surface area contributed by atoms with E-state index in [-0.39, 0.29) is 5.56 Å². The molecule has 0 amide bonds. The molecule has 0 saturated carbocycles. The van der Waals surface area contributed by atoms with E-state index in [2.05, 4.69) is 35.6 Å². The highest BCUT2D eigenvalue weighted by atomic mass is 79.9. The van der Waals surface area contributed by atoms with Gasteiger partial charge in [-0.15, -0.1) is 0 Å². The maximum Gasteiger partial charge on any atom is 0.337 e. The number of hydrogen-bond acceptors (Lipinski definition) is 1. The second-order valence-electron chi connectivity index (χ2n) is 4.37. The Balaban J connectivity index is 3.54. The van der Waals surface area contributed by atoms with Crippen LogP contribution in [0.2, 0.25) is 24.7 Å². The molecule has 0 aromatic heterocycles. The molecule has 15 heavy (non-hydrogen) atoms. The second-order valence-corrected chi connectivity index (χ2v) is 10.7. The lowest BCUT2D eigenvalue weighted by Crippen LogP contribution is -2.41. The van der Waals surface area contributed by atoms with Crippen LogP contribution in [0.25, 0.3) is 0 Å². The Kier molecular flexibility index (Phi) is 3.63. The molecule has 82 valence electrons. The van der Waals surface area contributed by atoms with Crippen molar-refractivity contribution in [2.75, 3.05) is 0 Å². The standard InChI is InChI=1S/C10H12BrClO2Si/c1-15(2,3)8-5-6(11)4-7(12)9(8)10(13)14/h4-5H,1-3H3,(H,13,14). The summed E-state index contributed by atoms with van der Waals surface area (Å²) in [5.74, 6) is -0.954. The SMILES string of the molecule is C[Si](C)(C)c1cc(Br)cc(Cl)c1C(=O)O. The number of carbonyl (C=O) groups is 1. The zero-order chi connectivity index (χ0) is 11.8. The molecule has 0 radical (unpaired) electrons. The van der Waals surface area contributed by atoms with Gasteiger partial charge in [0.1, 0.15) is 0 Å². The summed E-state index contributed by atoms with van der Waals surface area (Å²) in [4.78, 5) is 11.1. The maximum absolute atomic E-state index is 11.1. The molecule has 5 heteroatoms. The van der Waals surface area contributed by atoms with Crippen LogP contribution in [0.5, 0.6) is 0 Å². The zero-order valence-electron chi connectivity index (χ0n) is 8.77. The first-order valence-corrected chi connectivity index (χ1v) is 9.13. The largest absolute Gasteiger partial charge is 0.478 e. The van der Waals surface area contributed by atoms with Gasteiger partial charge >= 0.3 is 5.97 Å². The molecule has 1 aromatic rings. The topological polar surface area (TPSA) is 37.3 Å². The van der Waals surface area contributed by atoms with Crippen molar-refractivity contribution >= 4 is 46.8 Å². The van der Waals surface area contributed by atoms with E-state index in [0.29, 0.717) is 5.02 Å². The number of halogens is 2. The average Bonchev–Trinajstić information content (AvgIpc) is 1.99. The predicted octanol–water partition coefficient (Wildman–Crippen LogP) is 3.35. The van der Waals surface area contributed by atoms with Gasteiger partial charge in [0.2, 0.25) is 0 Å². The van der Waals surface area contributed by atoms with Crippen molar-refractivity contribution in [3.05, 3.63) is 27.2 Å². The molecule has 0 bridgehead atoms. The number of hydrogen-bond donors (Lipinski definition) is 1. The Morgan fingerprint density at radius 3 is 2.33 bits per heavy atom. The molecule has 1 aromatic carbocycles. The molecule has 1 N–H and O–H groups in total. The van der Waals surface area contributed by atoms with Gasteiger partial charge < -0.3 is 5.11 Å². The summed E-state index contributed by atoms with van der Waals surface area (Å²) >= 11 is 9.28. The fourth-order valence-corrected chi connectivity index (χ4v) is 4.14. The van der Waals surface area contributed by atoms with Gasteiger partial charge in [-0.25, -0.2) is 4.79 Å². The molecule has 0 unspecified atom stereocenters. The fourth-order valence-electron chi connectivity index (χ4n) is 1.38. The van der Waals surface area contributed by atoms with Gasteiger partial charge in [0.05, 0.1) is 18.7 Å². The fraction of sp³-hybridized carbons (Fsp3) is 0.300. The van der Waals surface area contributed by atoms with Crippen LogP contribution < -0.4 is 5.19 Å².